The lowest BCUT2D eigenvalue weighted by atomic mass is 10.1. The summed E-state index contributed by atoms with van der Waals surface area (Å²) in [5, 5.41) is 22.0. The summed E-state index contributed by atoms with van der Waals surface area (Å²) in [5.74, 6) is 0.704. The highest BCUT2D eigenvalue weighted by Crippen LogP contribution is 2.30. The van der Waals surface area contributed by atoms with Crippen molar-refractivity contribution in [2.45, 2.75) is 0 Å². The first kappa shape index (κ1) is 19.5. The second-order valence-electron chi connectivity index (χ2n) is 5.97. The molecule has 0 spiro atoms. The quantitative estimate of drug-likeness (QED) is 0.472. The van der Waals surface area contributed by atoms with E-state index in [2.05, 4.69) is 5.32 Å². The van der Waals surface area contributed by atoms with Crippen LogP contribution in [0.15, 0.2) is 78.4 Å². The van der Waals surface area contributed by atoms with E-state index in [0.29, 0.717) is 28.5 Å². The van der Waals surface area contributed by atoms with Crippen molar-refractivity contribution in [3.63, 3.8) is 0 Å². The fourth-order valence-corrected chi connectivity index (χ4v) is 2.58. The van der Waals surface area contributed by atoms with Gasteiger partial charge in [-0.15, -0.1) is 0 Å². The molecule has 3 aromatic rings. The molecule has 0 atom stereocenters. The molecule has 0 heterocycles. The van der Waals surface area contributed by atoms with E-state index in [-0.39, 0.29) is 11.3 Å². The predicted molar refractivity (Wildman–Crippen MR) is 110 cm³/mol. The van der Waals surface area contributed by atoms with Gasteiger partial charge in [0.1, 0.15) is 17.4 Å². The molecule has 6 heteroatoms. The topological polar surface area (TPSA) is 91.6 Å². The highest BCUT2D eigenvalue weighted by Gasteiger charge is 2.13. The number of aromatic hydroxyl groups is 1. The number of hydrogen-bond donors (Lipinski definition) is 2. The van der Waals surface area contributed by atoms with Gasteiger partial charge in [-0.25, -0.2) is 0 Å². The molecule has 0 unspecified atom stereocenters. The third-order valence-corrected chi connectivity index (χ3v) is 3.99. The van der Waals surface area contributed by atoms with Crippen molar-refractivity contribution in [3.8, 4) is 29.1 Å². The summed E-state index contributed by atoms with van der Waals surface area (Å²) in [5.41, 5.74) is 0.799. The normalized spacial score (nSPS) is 10.7. The maximum absolute atomic E-state index is 12.6. The van der Waals surface area contributed by atoms with Gasteiger partial charge in [0, 0.05) is 0 Å². The lowest BCUT2D eigenvalue weighted by Gasteiger charge is -2.12. The Kier molecular flexibility index (Phi) is 6.13. The van der Waals surface area contributed by atoms with Gasteiger partial charge in [0.15, 0.2) is 17.2 Å². The lowest BCUT2D eigenvalue weighted by molar-refractivity contribution is -0.112. The molecule has 0 aliphatic heterocycles. The van der Waals surface area contributed by atoms with Gasteiger partial charge < -0.3 is 19.9 Å². The van der Waals surface area contributed by atoms with Gasteiger partial charge >= 0.3 is 0 Å². The Morgan fingerprint density at radius 1 is 1.03 bits per heavy atom. The van der Waals surface area contributed by atoms with Crippen molar-refractivity contribution in [1.82, 2.24) is 0 Å². The highest BCUT2D eigenvalue weighted by molar-refractivity contribution is 6.10. The van der Waals surface area contributed by atoms with Crippen molar-refractivity contribution < 1.29 is 19.4 Å². The third kappa shape index (κ3) is 4.93. The number of hydrogen-bond acceptors (Lipinski definition) is 5. The van der Waals surface area contributed by atoms with E-state index in [1.54, 1.807) is 48.5 Å². The molecule has 6 nitrogen and oxygen atoms in total. The Labute approximate surface area is 168 Å². The van der Waals surface area contributed by atoms with Gasteiger partial charge in [0.25, 0.3) is 5.91 Å². The smallest absolute Gasteiger partial charge is 0.266 e. The van der Waals surface area contributed by atoms with Crippen molar-refractivity contribution in [3.05, 3.63) is 83.9 Å². The third-order valence-electron chi connectivity index (χ3n) is 3.99. The zero-order chi connectivity index (χ0) is 20.6. The molecule has 0 saturated carbocycles. The molecule has 144 valence electrons. The summed E-state index contributed by atoms with van der Waals surface area (Å²) in [4.78, 5) is 12.6. The Hall–Kier alpha value is -4.24. The van der Waals surface area contributed by atoms with Crippen LogP contribution in [0.2, 0.25) is 0 Å². The molecule has 0 fully saturated rings. The minimum atomic E-state index is -0.591. The molecular formula is C23H18N2O4. The van der Waals surface area contributed by atoms with Gasteiger partial charge in [0.05, 0.1) is 12.8 Å². The molecule has 3 aromatic carbocycles. The molecule has 29 heavy (non-hydrogen) atoms. The number of carbonyl (C=O) groups excluding carboxylic acids is 1. The highest BCUT2D eigenvalue weighted by atomic mass is 16.5. The van der Waals surface area contributed by atoms with Crippen LogP contribution in [0.3, 0.4) is 0 Å². The SMILES string of the molecule is COc1ccc(C=C(C#N)C(=O)Nc2ccccc2Oc2ccccc2)cc1O. The van der Waals surface area contributed by atoms with Crippen LogP contribution in [0, 0.1) is 11.3 Å². The molecule has 3 rings (SSSR count). The summed E-state index contributed by atoms with van der Waals surface area (Å²) >= 11 is 0. The molecule has 0 bridgehead atoms. The number of phenols is 1. The molecule has 0 radical (unpaired) electrons. The van der Waals surface area contributed by atoms with Crippen LogP contribution < -0.4 is 14.8 Å². The number of anilines is 1. The van der Waals surface area contributed by atoms with Crippen molar-refractivity contribution in [2.75, 3.05) is 12.4 Å². The number of ether oxygens (including phenoxy) is 2. The molecule has 1 amide bonds. The van der Waals surface area contributed by atoms with Crippen LogP contribution in [0.5, 0.6) is 23.0 Å². The van der Waals surface area contributed by atoms with Crippen LogP contribution in [-0.2, 0) is 4.79 Å². The van der Waals surface area contributed by atoms with Crippen LogP contribution in [0.25, 0.3) is 6.08 Å². The average molecular weight is 386 g/mol. The summed E-state index contributed by atoms with van der Waals surface area (Å²) in [7, 11) is 1.44. The van der Waals surface area contributed by atoms with Gasteiger partial charge in [0.2, 0.25) is 0 Å². The number of rotatable bonds is 6. The van der Waals surface area contributed by atoms with Gasteiger partial charge in [-0.2, -0.15) is 5.26 Å². The number of para-hydroxylation sites is 3. The number of nitrogens with zero attached hydrogens (tertiary/aromatic N) is 1. The van der Waals surface area contributed by atoms with E-state index >= 15 is 0 Å². The number of phenolic OH excluding ortho intramolecular Hbond substituents is 1. The Morgan fingerprint density at radius 3 is 2.45 bits per heavy atom. The van der Waals surface area contributed by atoms with E-state index in [1.807, 2.05) is 24.3 Å². The van der Waals surface area contributed by atoms with Crippen LogP contribution in [0.4, 0.5) is 5.69 Å². The first-order valence-corrected chi connectivity index (χ1v) is 8.73. The predicted octanol–water partition coefficient (Wildman–Crippen LogP) is 4.74. The van der Waals surface area contributed by atoms with E-state index in [9.17, 15) is 15.2 Å². The Morgan fingerprint density at radius 2 is 1.76 bits per heavy atom. The minimum Gasteiger partial charge on any atom is -0.504 e. The molecule has 2 N–H and O–H groups in total. The van der Waals surface area contributed by atoms with Crippen molar-refractivity contribution in [2.24, 2.45) is 0 Å². The lowest BCUT2D eigenvalue weighted by Crippen LogP contribution is -2.14. The molecule has 0 saturated heterocycles. The molecule has 0 aromatic heterocycles. The average Bonchev–Trinajstić information content (AvgIpc) is 2.74. The first-order chi connectivity index (χ1) is 14.1. The van der Waals surface area contributed by atoms with Gasteiger partial charge in [-0.3, -0.25) is 4.79 Å². The van der Waals surface area contributed by atoms with Crippen LogP contribution >= 0.6 is 0 Å². The number of methoxy groups -OCH3 is 1. The first-order valence-electron chi connectivity index (χ1n) is 8.73. The Balaban J connectivity index is 1.82. The summed E-state index contributed by atoms with van der Waals surface area (Å²) in [6, 6.07) is 22.6. The number of amides is 1. The largest absolute Gasteiger partial charge is 0.504 e. The van der Waals surface area contributed by atoms with Crippen LogP contribution in [-0.4, -0.2) is 18.1 Å². The minimum absolute atomic E-state index is 0.0828. The maximum atomic E-state index is 12.6. The monoisotopic (exact) mass is 386 g/mol. The van der Waals surface area contributed by atoms with E-state index in [4.69, 9.17) is 9.47 Å². The summed E-state index contributed by atoms with van der Waals surface area (Å²) in [6.07, 6.45) is 1.38. The number of carbonyl (C=O) groups is 1. The zero-order valence-electron chi connectivity index (χ0n) is 15.6. The fourth-order valence-electron chi connectivity index (χ4n) is 2.58. The zero-order valence-corrected chi connectivity index (χ0v) is 15.6. The number of nitriles is 1. The van der Waals surface area contributed by atoms with Crippen molar-refractivity contribution in [1.29, 1.82) is 5.26 Å². The van der Waals surface area contributed by atoms with Crippen LogP contribution in [0.1, 0.15) is 5.56 Å². The molecule has 0 aliphatic rings. The summed E-state index contributed by atoms with van der Waals surface area (Å²) in [6.45, 7) is 0. The van der Waals surface area contributed by atoms with E-state index in [1.165, 1.54) is 19.3 Å². The summed E-state index contributed by atoms with van der Waals surface area (Å²) < 4.78 is 10.8. The van der Waals surface area contributed by atoms with Gasteiger partial charge in [-0.1, -0.05) is 36.4 Å². The van der Waals surface area contributed by atoms with Crippen molar-refractivity contribution >= 4 is 17.7 Å². The second kappa shape index (κ2) is 9.11. The van der Waals surface area contributed by atoms with Gasteiger partial charge in [-0.05, 0) is 48.0 Å². The number of nitrogens with one attached hydrogen (secondary N) is 1. The number of benzene rings is 3. The standard InChI is InChI=1S/C23H18N2O4/c1-28-22-12-11-16(14-20(22)26)13-17(15-24)23(27)25-19-9-5-6-10-21(19)29-18-7-3-2-4-8-18/h2-14,26H,1H3,(H,25,27). The second-order valence-corrected chi connectivity index (χ2v) is 5.97. The maximum Gasteiger partial charge on any atom is 0.266 e. The molecule has 0 aliphatic carbocycles. The van der Waals surface area contributed by atoms with E-state index in [0.717, 1.165) is 0 Å². The van der Waals surface area contributed by atoms with E-state index < -0.39 is 5.91 Å². The fraction of sp³-hybridized carbons (Fsp3) is 0.0435. The molecular weight excluding hydrogens is 368 g/mol. The Bertz CT molecular complexity index is 1090.